The Kier molecular flexibility index (Phi) is 5.47. The summed E-state index contributed by atoms with van der Waals surface area (Å²) >= 11 is 3.38. The van der Waals surface area contributed by atoms with Crippen molar-refractivity contribution in [2.24, 2.45) is 11.1 Å². The zero-order valence-electron chi connectivity index (χ0n) is 15.2. The fourth-order valence-corrected chi connectivity index (χ4v) is 6.36. The molecule has 0 unspecified atom stereocenters. The van der Waals surface area contributed by atoms with Crippen LogP contribution in [0, 0.1) is 12.3 Å². The number of benzene rings is 2. The number of nitrogens with two attached hydrogens (primary N) is 1. The Morgan fingerprint density at radius 3 is 2.26 bits per heavy atom. The van der Waals surface area contributed by atoms with Gasteiger partial charge < -0.3 is 10.5 Å². The Hall–Kier alpha value is -1.70. The molecule has 1 fully saturated rings. The lowest BCUT2D eigenvalue weighted by Crippen LogP contribution is -2.33. The number of carbonyl (C=O) groups is 1. The first-order valence-corrected chi connectivity index (χ1v) is 11.1. The number of carbonyl (C=O) groups excluding carboxylic acids is 1. The lowest BCUT2D eigenvalue weighted by Gasteiger charge is -2.14. The molecule has 0 aromatic heterocycles. The van der Waals surface area contributed by atoms with E-state index in [1.165, 1.54) is 0 Å². The van der Waals surface area contributed by atoms with Gasteiger partial charge in [-0.3, -0.25) is 4.79 Å². The third-order valence-corrected chi connectivity index (χ3v) is 7.98. The van der Waals surface area contributed by atoms with Crippen LogP contribution in [0.2, 0.25) is 0 Å². The van der Waals surface area contributed by atoms with Gasteiger partial charge in [0.05, 0.1) is 16.8 Å². The molecule has 0 aliphatic heterocycles. The smallest absolute Gasteiger partial charge is 0.315 e. The van der Waals surface area contributed by atoms with Crippen LogP contribution in [-0.4, -0.2) is 32.8 Å². The minimum absolute atomic E-state index is 0.0949. The molecule has 2 N–H and O–H groups in total. The normalized spacial score (nSPS) is 24.4. The first-order valence-electron chi connectivity index (χ1n) is 8.72. The Labute approximate surface area is 168 Å². The molecule has 3 atom stereocenters. The van der Waals surface area contributed by atoms with Gasteiger partial charge in [0.25, 0.3) is 0 Å². The van der Waals surface area contributed by atoms with E-state index in [9.17, 15) is 13.2 Å². The number of aryl methyl sites for hydroxylation is 1. The van der Waals surface area contributed by atoms with E-state index in [2.05, 4.69) is 15.9 Å². The number of hydrogen-bond donors (Lipinski definition) is 1. The molecule has 1 aliphatic carbocycles. The van der Waals surface area contributed by atoms with Gasteiger partial charge in [0.15, 0.2) is 9.84 Å². The maximum atomic E-state index is 13.4. The van der Waals surface area contributed by atoms with Crippen molar-refractivity contribution in [3.8, 4) is 0 Å². The molecule has 0 spiro atoms. The van der Waals surface area contributed by atoms with Gasteiger partial charge in [-0.15, -0.1) is 0 Å². The summed E-state index contributed by atoms with van der Waals surface area (Å²) < 4.78 is 32.8. The number of esters is 1. The minimum atomic E-state index is -3.77. The molecule has 5 nitrogen and oxygen atoms in total. The second kappa shape index (κ2) is 7.37. The van der Waals surface area contributed by atoms with Crippen molar-refractivity contribution < 1.29 is 17.9 Å². The topological polar surface area (TPSA) is 86.5 Å². The largest absolute Gasteiger partial charge is 0.465 e. The standard InChI is InChI=1S/C20H22BrNO4S/c1-3-26-19(23)20(12-22)17(14-6-8-15(21)9-7-14)18(20)27(24,25)16-10-4-13(2)5-11-16/h4-11,17-18H,3,12,22H2,1-2H3/t17-,18+,20+/m1/s1. The molecule has 144 valence electrons. The first kappa shape index (κ1) is 20.0. The van der Waals surface area contributed by atoms with Gasteiger partial charge in [0.1, 0.15) is 5.41 Å². The van der Waals surface area contributed by atoms with Crippen molar-refractivity contribution in [3.63, 3.8) is 0 Å². The summed E-state index contributed by atoms with van der Waals surface area (Å²) in [5, 5.41) is -0.946. The maximum absolute atomic E-state index is 13.4. The van der Waals surface area contributed by atoms with E-state index < -0.39 is 32.4 Å². The molecule has 27 heavy (non-hydrogen) atoms. The Morgan fingerprint density at radius 2 is 1.74 bits per heavy atom. The SMILES string of the molecule is CCOC(=O)[C@@]1(CN)[C@H](c2ccc(Br)cc2)[C@@H]1S(=O)(=O)c1ccc(C)cc1. The Balaban J connectivity index is 2.10. The highest BCUT2D eigenvalue weighted by Gasteiger charge is 2.75. The van der Waals surface area contributed by atoms with Gasteiger partial charge in [-0.05, 0) is 43.7 Å². The highest BCUT2D eigenvalue weighted by atomic mass is 79.9. The maximum Gasteiger partial charge on any atom is 0.315 e. The van der Waals surface area contributed by atoms with Crippen LogP contribution in [0.4, 0.5) is 0 Å². The van der Waals surface area contributed by atoms with Crippen molar-refractivity contribution in [1.82, 2.24) is 0 Å². The second-order valence-corrected chi connectivity index (χ2v) is 9.76. The average Bonchev–Trinajstić information content (AvgIpc) is 3.34. The molecular formula is C20H22BrNO4S. The molecule has 0 saturated heterocycles. The van der Waals surface area contributed by atoms with E-state index in [1.807, 2.05) is 31.2 Å². The van der Waals surface area contributed by atoms with Crippen LogP contribution < -0.4 is 5.73 Å². The number of halogens is 1. The third-order valence-electron chi connectivity index (χ3n) is 5.16. The number of sulfone groups is 1. The first-order chi connectivity index (χ1) is 12.8. The fourth-order valence-electron chi connectivity index (χ4n) is 3.71. The van der Waals surface area contributed by atoms with Crippen molar-refractivity contribution in [1.29, 1.82) is 0 Å². The highest BCUT2D eigenvalue weighted by molar-refractivity contribution is 9.10. The zero-order valence-corrected chi connectivity index (χ0v) is 17.6. The van der Waals surface area contributed by atoms with Gasteiger partial charge in [-0.2, -0.15) is 0 Å². The molecule has 0 heterocycles. The highest BCUT2D eigenvalue weighted by Crippen LogP contribution is 2.64. The van der Waals surface area contributed by atoms with E-state index in [4.69, 9.17) is 10.5 Å². The monoisotopic (exact) mass is 451 g/mol. The summed E-state index contributed by atoms with van der Waals surface area (Å²) in [5.74, 6) is -1.10. The van der Waals surface area contributed by atoms with Crippen molar-refractivity contribution >= 4 is 31.7 Å². The fraction of sp³-hybridized carbons (Fsp3) is 0.350. The van der Waals surface area contributed by atoms with Crippen LogP contribution >= 0.6 is 15.9 Å². The van der Waals surface area contributed by atoms with Crippen LogP contribution in [0.3, 0.4) is 0 Å². The van der Waals surface area contributed by atoms with Gasteiger partial charge in [-0.1, -0.05) is 45.8 Å². The van der Waals surface area contributed by atoms with Gasteiger partial charge in [0.2, 0.25) is 0 Å². The van der Waals surface area contributed by atoms with Crippen LogP contribution in [0.25, 0.3) is 0 Å². The molecule has 1 saturated carbocycles. The summed E-state index contributed by atoms with van der Waals surface area (Å²) in [6.07, 6.45) is 0. The molecule has 0 radical (unpaired) electrons. The van der Waals surface area contributed by atoms with Crippen molar-refractivity contribution in [3.05, 3.63) is 64.1 Å². The summed E-state index contributed by atoms with van der Waals surface area (Å²) in [6.45, 7) is 3.66. The molecule has 3 rings (SSSR count). The van der Waals surface area contributed by atoms with E-state index in [1.54, 1.807) is 31.2 Å². The Bertz CT molecular complexity index is 941. The third kappa shape index (κ3) is 3.32. The minimum Gasteiger partial charge on any atom is -0.465 e. The lowest BCUT2D eigenvalue weighted by atomic mass is 9.99. The van der Waals surface area contributed by atoms with Crippen LogP contribution in [0.1, 0.15) is 24.0 Å². The van der Waals surface area contributed by atoms with E-state index in [0.717, 1.165) is 15.6 Å². The van der Waals surface area contributed by atoms with Crippen LogP contribution in [0.15, 0.2) is 57.9 Å². The second-order valence-electron chi connectivity index (χ2n) is 6.77. The predicted molar refractivity (Wildman–Crippen MR) is 107 cm³/mol. The van der Waals surface area contributed by atoms with E-state index in [0.29, 0.717) is 0 Å². The quantitative estimate of drug-likeness (QED) is 0.681. The van der Waals surface area contributed by atoms with Crippen molar-refractivity contribution in [2.45, 2.75) is 29.9 Å². The predicted octanol–water partition coefficient (Wildman–Crippen LogP) is 3.21. The van der Waals surface area contributed by atoms with E-state index >= 15 is 0 Å². The van der Waals surface area contributed by atoms with Gasteiger partial charge in [-0.25, -0.2) is 8.42 Å². The molecule has 7 heteroatoms. The molecule has 0 amide bonds. The summed E-state index contributed by atoms with van der Waals surface area (Å²) in [4.78, 5) is 13.0. The number of rotatable bonds is 6. The zero-order chi connectivity index (χ0) is 19.8. The molecule has 2 aromatic carbocycles. The van der Waals surface area contributed by atoms with Crippen molar-refractivity contribution in [2.75, 3.05) is 13.2 Å². The number of hydrogen-bond acceptors (Lipinski definition) is 5. The summed E-state index contributed by atoms with van der Waals surface area (Å²) in [6, 6.07) is 14.0. The van der Waals surface area contributed by atoms with Gasteiger partial charge in [0, 0.05) is 16.9 Å². The van der Waals surface area contributed by atoms with Crippen LogP contribution in [-0.2, 0) is 19.4 Å². The van der Waals surface area contributed by atoms with Crippen LogP contribution in [0.5, 0.6) is 0 Å². The summed E-state index contributed by atoms with van der Waals surface area (Å²) in [5.41, 5.74) is 6.43. The molecular weight excluding hydrogens is 430 g/mol. The Morgan fingerprint density at radius 1 is 1.15 bits per heavy atom. The summed E-state index contributed by atoms with van der Waals surface area (Å²) in [7, 11) is -3.77. The van der Waals surface area contributed by atoms with E-state index in [-0.39, 0.29) is 18.0 Å². The molecule has 2 aromatic rings. The lowest BCUT2D eigenvalue weighted by molar-refractivity contribution is -0.149. The molecule has 1 aliphatic rings. The molecule has 0 bridgehead atoms. The number of ether oxygens (including phenoxy) is 1. The average molecular weight is 452 g/mol. The van der Waals surface area contributed by atoms with Gasteiger partial charge >= 0.3 is 5.97 Å².